The third-order valence-corrected chi connectivity index (χ3v) is 5.63. The van der Waals surface area contributed by atoms with Crippen molar-refractivity contribution in [3.05, 3.63) is 102 Å². The Labute approximate surface area is 183 Å². The first-order valence-corrected chi connectivity index (χ1v) is 10.7. The first-order valence-electron chi connectivity index (χ1n) is 10.7. The van der Waals surface area contributed by atoms with Gasteiger partial charge in [-0.15, -0.1) is 0 Å². The molecule has 5 nitrogen and oxygen atoms in total. The van der Waals surface area contributed by atoms with Crippen LogP contribution in [-0.4, -0.2) is 48.9 Å². The van der Waals surface area contributed by atoms with Crippen molar-refractivity contribution in [2.24, 2.45) is 0 Å². The van der Waals surface area contributed by atoms with Crippen LogP contribution in [0.1, 0.15) is 15.9 Å². The monoisotopic (exact) mass is 413 g/mol. The minimum atomic E-state index is -0.599. The highest BCUT2D eigenvalue weighted by Crippen LogP contribution is 2.17. The van der Waals surface area contributed by atoms with Gasteiger partial charge in [-0.1, -0.05) is 66.7 Å². The normalized spacial score (nSPS) is 14.7. The summed E-state index contributed by atoms with van der Waals surface area (Å²) in [7, 11) is 0. The molecular formula is C26H27N3O2. The van der Waals surface area contributed by atoms with Crippen molar-refractivity contribution >= 4 is 17.5 Å². The van der Waals surface area contributed by atoms with Crippen molar-refractivity contribution in [2.45, 2.75) is 12.5 Å². The summed E-state index contributed by atoms with van der Waals surface area (Å²) in [4.78, 5) is 30.3. The van der Waals surface area contributed by atoms with Gasteiger partial charge in [-0.25, -0.2) is 0 Å². The van der Waals surface area contributed by atoms with Crippen molar-refractivity contribution in [1.29, 1.82) is 0 Å². The Hall–Kier alpha value is -3.60. The number of hydrogen-bond donors (Lipinski definition) is 1. The highest BCUT2D eigenvalue weighted by Gasteiger charge is 2.29. The molecule has 3 aromatic rings. The number of hydrogen-bond acceptors (Lipinski definition) is 3. The maximum atomic E-state index is 13.4. The number of carbonyl (C=O) groups is 2. The molecule has 0 spiro atoms. The molecule has 5 heteroatoms. The highest BCUT2D eigenvalue weighted by atomic mass is 16.2. The van der Waals surface area contributed by atoms with Gasteiger partial charge in [-0.05, 0) is 29.8 Å². The molecule has 0 aliphatic carbocycles. The molecule has 0 aromatic heterocycles. The van der Waals surface area contributed by atoms with Gasteiger partial charge in [0.15, 0.2) is 0 Å². The Kier molecular flexibility index (Phi) is 6.62. The van der Waals surface area contributed by atoms with E-state index < -0.39 is 6.04 Å². The number of rotatable bonds is 6. The quantitative estimate of drug-likeness (QED) is 0.674. The molecule has 0 bridgehead atoms. The van der Waals surface area contributed by atoms with E-state index in [1.54, 1.807) is 12.1 Å². The van der Waals surface area contributed by atoms with Crippen LogP contribution in [0, 0.1) is 0 Å². The Balaban J connectivity index is 1.45. The Morgan fingerprint density at radius 3 is 1.90 bits per heavy atom. The fourth-order valence-corrected chi connectivity index (χ4v) is 3.93. The fourth-order valence-electron chi connectivity index (χ4n) is 3.93. The lowest BCUT2D eigenvalue weighted by Crippen LogP contribution is -2.55. The van der Waals surface area contributed by atoms with Crippen LogP contribution in [0.5, 0.6) is 0 Å². The van der Waals surface area contributed by atoms with Crippen LogP contribution in [0.15, 0.2) is 91.0 Å². The smallest absolute Gasteiger partial charge is 0.251 e. The summed E-state index contributed by atoms with van der Waals surface area (Å²) in [5, 5.41) is 2.98. The average molecular weight is 414 g/mol. The van der Waals surface area contributed by atoms with E-state index in [-0.39, 0.29) is 11.8 Å². The van der Waals surface area contributed by atoms with Crippen molar-refractivity contribution in [3.8, 4) is 0 Å². The second-order valence-electron chi connectivity index (χ2n) is 7.73. The van der Waals surface area contributed by atoms with Gasteiger partial charge in [0, 0.05) is 43.9 Å². The number of piperazine rings is 1. The SMILES string of the molecule is O=C(NC(Cc1ccccc1)C(=O)N1CCN(c2ccccc2)CC1)c1ccccc1. The molecule has 1 N–H and O–H groups in total. The average Bonchev–Trinajstić information content (AvgIpc) is 2.85. The summed E-state index contributed by atoms with van der Waals surface area (Å²) in [6.45, 7) is 2.83. The highest BCUT2D eigenvalue weighted by molar-refractivity contribution is 5.97. The van der Waals surface area contributed by atoms with Gasteiger partial charge < -0.3 is 15.1 Å². The molecule has 4 rings (SSSR count). The summed E-state index contributed by atoms with van der Waals surface area (Å²) in [5.41, 5.74) is 2.76. The summed E-state index contributed by atoms with van der Waals surface area (Å²) < 4.78 is 0. The standard InChI is InChI=1S/C26H27N3O2/c30-25(22-12-6-2-7-13-22)27-24(20-21-10-4-1-5-11-21)26(31)29-18-16-28(17-19-29)23-14-8-3-9-15-23/h1-15,24H,16-20H2,(H,27,30). The van der Waals surface area contributed by atoms with Crippen LogP contribution in [0.2, 0.25) is 0 Å². The van der Waals surface area contributed by atoms with Crippen molar-refractivity contribution < 1.29 is 9.59 Å². The number of nitrogens with zero attached hydrogens (tertiary/aromatic N) is 2. The van der Waals surface area contributed by atoms with Gasteiger partial charge in [0.1, 0.15) is 6.04 Å². The first-order chi connectivity index (χ1) is 15.2. The van der Waals surface area contributed by atoms with Crippen LogP contribution >= 0.6 is 0 Å². The second-order valence-corrected chi connectivity index (χ2v) is 7.73. The van der Waals surface area contributed by atoms with E-state index in [4.69, 9.17) is 0 Å². The Morgan fingerprint density at radius 1 is 0.742 bits per heavy atom. The molecule has 1 aliphatic rings. The summed E-state index contributed by atoms with van der Waals surface area (Å²) in [6, 6.07) is 28.5. The molecule has 1 saturated heterocycles. The molecule has 2 amide bonds. The zero-order valence-electron chi connectivity index (χ0n) is 17.5. The summed E-state index contributed by atoms with van der Waals surface area (Å²) in [6.07, 6.45) is 0.469. The number of para-hydroxylation sites is 1. The van der Waals surface area contributed by atoms with E-state index in [0.29, 0.717) is 25.1 Å². The van der Waals surface area contributed by atoms with E-state index in [0.717, 1.165) is 18.7 Å². The second kappa shape index (κ2) is 9.94. The molecule has 1 fully saturated rings. The van der Waals surface area contributed by atoms with Crippen LogP contribution in [0.25, 0.3) is 0 Å². The fraction of sp³-hybridized carbons (Fsp3) is 0.231. The molecule has 1 unspecified atom stereocenters. The third kappa shape index (κ3) is 5.31. The van der Waals surface area contributed by atoms with Crippen molar-refractivity contribution in [1.82, 2.24) is 10.2 Å². The molecule has 31 heavy (non-hydrogen) atoms. The van der Waals surface area contributed by atoms with E-state index in [1.807, 2.05) is 71.6 Å². The first kappa shape index (κ1) is 20.7. The molecule has 1 atom stereocenters. The van der Waals surface area contributed by atoms with Gasteiger partial charge in [-0.2, -0.15) is 0 Å². The summed E-state index contributed by atoms with van der Waals surface area (Å²) in [5.74, 6) is -0.251. The van der Waals surface area contributed by atoms with Crippen LogP contribution < -0.4 is 10.2 Å². The number of anilines is 1. The maximum Gasteiger partial charge on any atom is 0.251 e. The lowest BCUT2D eigenvalue weighted by molar-refractivity contribution is -0.133. The molecule has 1 aliphatic heterocycles. The molecule has 0 saturated carbocycles. The number of nitrogens with one attached hydrogen (secondary N) is 1. The van der Waals surface area contributed by atoms with Crippen LogP contribution in [-0.2, 0) is 11.2 Å². The lowest BCUT2D eigenvalue weighted by Gasteiger charge is -2.37. The summed E-state index contributed by atoms with van der Waals surface area (Å²) >= 11 is 0. The predicted octanol–water partition coefficient (Wildman–Crippen LogP) is 3.38. The Bertz CT molecular complexity index is 985. The van der Waals surface area contributed by atoms with Gasteiger partial charge in [0.05, 0.1) is 0 Å². The Morgan fingerprint density at radius 2 is 1.29 bits per heavy atom. The number of benzene rings is 3. The van der Waals surface area contributed by atoms with Crippen molar-refractivity contribution in [2.75, 3.05) is 31.1 Å². The molecule has 3 aromatic carbocycles. The van der Waals surface area contributed by atoms with Gasteiger partial charge in [-0.3, -0.25) is 9.59 Å². The zero-order valence-corrected chi connectivity index (χ0v) is 17.5. The third-order valence-electron chi connectivity index (χ3n) is 5.63. The minimum absolute atomic E-state index is 0.0270. The van der Waals surface area contributed by atoms with Crippen LogP contribution in [0.4, 0.5) is 5.69 Å². The number of amides is 2. The molecule has 158 valence electrons. The molecule has 1 heterocycles. The van der Waals surface area contributed by atoms with Gasteiger partial charge >= 0.3 is 0 Å². The van der Waals surface area contributed by atoms with E-state index in [9.17, 15) is 9.59 Å². The predicted molar refractivity (Wildman–Crippen MR) is 123 cm³/mol. The van der Waals surface area contributed by atoms with E-state index >= 15 is 0 Å². The van der Waals surface area contributed by atoms with Gasteiger partial charge in [0.25, 0.3) is 5.91 Å². The zero-order chi connectivity index (χ0) is 21.5. The van der Waals surface area contributed by atoms with E-state index in [1.165, 1.54) is 5.69 Å². The molecular weight excluding hydrogens is 386 g/mol. The maximum absolute atomic E-state index is 13.4. The van der Waals surface area contributed by atoms with Gasteiger partial charge in [0.2, 0.25) is 5.91 Å². The minimum Gasteiger partial charge on any atom is -0.368 e. The topological polar surface area (TPSA) is 52.7 Å². The largest absolute Gasteiger partial charge is 0.368 e. The van der Waals surface area contributed by atoms with E-state index in [2.05, 4.69) is 22.3 Å². The lowest BCUT2D eigenvalue weighted by atomic mass is 10.0. The van der Waals surface area contributed by atoms with Crippen molar-refractivity contribution in [3.63, 3.8) is 0 Å². The number of carbonyl (C=O) groups excluding carboxylic acids is 2. The molecule has 0 radical (unpaired) electrons. The van der Waals surface area contributed by atoms with Crippen LogP contribution in [0.3, 0.4) is 0 Å².